The molecule has 3 unspecified atom stereocenters. The van der Waals surface area contributed by atoms with Crippen molar-refractivity contribution in [2.75, 3.05) is 20.3 Å². The highest BCUT2D eigenvalue weighted by molar-refractivity contribution is 5.05. The largest absolute Gasteiger partial charge is 0.444 e. The van der Waals surface area contributed by atoms with Gasteiger partial charge in [-0.2, -0.15) is 0 Å². The van der Waals surface area contributed by atoms with Crippen LogP contribution >= 0.6 is 0 Å². The zero-order chi connectivity index (χ0) is 14.1. The Morgan fingerprint density at radius 1 is 1.35 bits per heavy atom. The highest BCUT2D eigenvalue weighted by Crippen LogP contribution is 2.31. The quantitative estimate of drug-likeness (QED) is 0.848. The Bertz CT molecular complexity index is 440. The van der Waals surface area contributed by atoms with Gasteiger partial charge in [0.15, 0.2) is 0 Å². The van der Waals surface area contributed by atoms with E-state index in [2.05, 4.69) is 9.88 Å². The van der Waals surface area contributed by atoms with Gasteiger partial charge < -0.3 is 13.9 Å². The third-order valence-electron chi connectivity index (χ3n) is 4.63. The van der Waals surface area contributed by atoms with Gasteiger partial charge in [-0.25, -0.2) is 4.98 Å². The van der Waals surface area contributed by atoms with E-state index in [1.165, 1.54) is 0 Å². The Balaban J connectivity index is 1.70. The van der Waals surface area contributed by atoms with Gasteiger partial charge >= 0.3 is 0 Å². The first kappa shape index (κ1) is 14.0. The summed E-state index contributed by atoms with van der Waals surface area (Å²) in [6.07, 6.45) is 3.92. The molecule has 2 aliphatic rings. The highest BCUT2D eigenvalue weighted by Gasteiger charge is 2.38. The number of rotatable bonds is 3. The lowest BCUT2D eigenvalue weighted by Gasteiger charge is -2.45. The summed E-state index contributed by atoms with van der Waals surface area (Å²) in [5, 5.41) is 0. The predicted octanol–water partition coefficient (Wildman–Crippen LogP) is 2.06. The lowest BCUT2D eigenvalue weighted by Crippen LogP contribution is -2.54. The van der Waals surface area contributed by atoms with Crippen LogP contribution in [0.25, 0.3) is 0 Å². The Labute approximate surface area is 120 Å². The van der Waals surface area contributed by atoms with E-state index in [-0.39, 0.29) is 0 Å². The molecule has 2 heterocycles. The standard InChI is InChI=1S/C15H24N2O3/c1-10-11(2)20-15(16-10)9-17-6-7-19-14-5-4-12(18-3)8-13(14)17/h12-14H,4-9H2,1-3H3. The summed E-state index contributed by atoms with van der Waals surface area (Å²) in [6, 6.07) is 0.426. The van der Waals surface area contributed by atoms with Gasteiger partial charge in [0.25, 0.3) is 0 Å². The molecule has 1 aliphatic heterocycles. The van der Waals surface area contributed by atoms with Gasteiger partial charge in [-0.3, -0.25) is 4.90 Å². The molecule has 0 N–H and O–H groups in total. The number of hydrogen-bond acceptors (Lipinski definition) is 5. The average Bonchev–Trinajstić information content (AvgIpc) is 2.77. The molecule has 0 radical (unpaired) electrons. The first-order valence-electron chi connectivity index (χ1n) is 7.48. The number of hydrogen-bond donors (Lipinski definition) is 0. The number of ether oxygens (including phenoxy) is 2. The van der Waals surface area contributed by atoms with E-state index in [0.717, 1.165) is 56.3 Å². The summed E-state index contributed by atoms with van der Waals surface area (Å²) in [4.78, 5) is 6.95. The minimum absolute atomic E-state index is 0.340. The summed E-state index contributed by atoms with van der Waals surface area (Å²) in [5.74, 6) is 1.74. The molecule has 5 nitrogen and oxygen atoms in total. The lowest BCUT2D eigenvalue weighted by molar-refractivity contribution is -0.117. The molecule has 0 bridgehead atoms. The van der Waals surface area contributed by atoms with E-state index in [0.29, 0.717) is 18.2 Å². The Morgan fingerprint density at radius 3 is 2.90 bits per heavy atom. The van der Waals surface area contributed by atoms with Crippen LogP contribution in [0.1, 0.15) is 36.6 Å². The van der Waals surface area contributed by atoms with Gasteiger partial charge in [0, 0.05) is 19.7 Å². The van der Waals surface area contributed by atoms with Crippen molar-refractivity contribution in [2.24, 2.45) is 0 Å². The van der Waals surface area contributed by atoms with Crippen LogP contribution in [0.4, 0.5) is 0 Å². The maximum absolute atomic E-state index is 5.92. The summed E-state index contributed by atoms with van der Waals surface area (Å²) < 4.78 is 17.2. The van der Waals surface area contributed by atoms with Crippen LogP contribution in [0.15, 0.2) is 4.42 Å². The molecule has 1 aromatic heterocycles. The predicted molar refractivity (Wildman–Crippen MR) is 74.6 cm³/mol. The summed E-state index contributed by atoms with van der Waals surface area (Å²) in [6.45, 7) is 6.48. The van der Waals surface area contributed by atoms with Crippen LogP contribution in [0.3, 0.4) is 0 Å². The molecule has 0 aromatic carbocycles. The Hall–Kier alpha value is -0.910. The maximum Gasteiger partial charge on any atom is 0.208 e. The van der Waals surface area contributed by atoms with E-state index in [9.17, 15) is 0 Å². The van der Waals surface area contributed by atoms with Gasteiger partial charge in [0.1, 0.15) is 5.76 Å². The van der Waals surface area contributed by atoms with Crippen LogP contribution in [0, 0.1) is 13.8 Å². The van der Waals surface area contributed by atoms with Crippen molar-refractivity contribution in [1.82, 2.24) is 9.88 Å². The van der Waals surface area contributed by atoms with Crippen molar-refractivity contribution >= 4 is 0 Å². The van der Waals surface area contributed by atoms with Crippen molar-refractivity contribution in [3.8, 4) is 0 Å². The second-order valence-corrected chi connectivity index (χ2v) is 5.87. The molecule has 112 valence electrons. The molecular weight excluding hydrogens is 256 g/mol. The smallest absolute Gasteiger partial charge is 0.208 e. The molecule has 1 saturated heterocycles. The fourth-order valence-electron chi connectivity index (χ4n) is 3.34. The van der Waals surface area contributed by atoms with Gasteiger partial charge in [0.2, 0.25) is 5.89 Å². The van der Waals surface area contributed by atoms with Crippen molar-refractivity contribution < 1.29 is 13.9 Å². The monoisotopic (exact) mass is 280 g/mol. The van der Waals surface area contributed by atoms with Crippen molar-refractivity contribution in [1.29, 1.82) is 0 Å². The number of fused-ring (bicyclic) bond motifs is 1. The van der Waals surface area contributed by atoms with Crippen molar-refractivity contribution in [3.63, 3.8) is 0 Å². The van der Waals surface area contributed by atoms with Gasteiger partial charge in [-0.1, -0.05) is 0 Å². The SMILES string of the molecule is COC1CCC2OCCN(Cc3nc(C)c(C)o3)C2C1. The normalized spacial score (nSPS) is 31.2. The Morgan fingerprint density at radius 2 is 2.20 bits per heavy atom. The fourth-order valence-corrected chi connectivity index (χ4v) is 3.34. The van der Waals surface area contributed by atoms with Crippen LogP contribution in [0.5, 0.6) is 0 Å². The Kier molecular flexibility index (Phi) is 4.10. The molecule has 5 heteroatoms. The van der Waals surface area contributed by atoms with Crippen LogP contribution in [-0.4, -0.2) is 48.4 Å². The second-order valence-electron chi connectivity index (χ2n) is 5.87. The molecule has 3 rings (SSSR count). The number of oxazole rings is 1. The molecule has 1 aliphatic carbocycles. The van der Waals surface area contributed by atoms with E-state index in [1.807, 2.05) is 13.8 Å². The third-order valence-corrected chi connectivity index (χ3v) is 4.63. The number of aromatic nitrogens is 1. The van der Waals surface area contributed by atoms with E-state index >= 15 is 0 Å². The molecule has 1 aromatic rings. The minimum Gasteiger partial charge on any atom is -0.444 e. The molecule has 20 heavy (non-hydrogen) atoms. The first-order valence-corrected chi connectivity index (χ1v) is 7.48. The van der Waals surface area contributed by atoms with Crippen LogP contribution in [0.2, 0.25) is 0 Å². The van der Waals surface area contributed by atoms with Crippen molar-refractivity contribution in [2.45, 2.75) is 57.9 Å². The zero-order valence-electron chi connectivity index (χ0n) is 12.6. The number of aryl methyl sites for hydroxylation is 2. The van der Waals surface area contributed by atoms with Gasteiger partial charge in [-0.15, -0.1) is 0 Å². The number of nitrogens with zero attached hydrogens (tertiary/aromatic N) is 2. The topological polar surface area (TPSA) is 47.7 Å². The van der Waals surface area contributed by atoms with Crippen LogP contribution in [-0.2, 0) is 16.0 Å². The molecular formula is C15H24N2O3. The fraction of sp³-hybridized carbons (Fsp3) is 0.800. The van der Waals surface area contributed by atoms with Crippen molar-refractivity contribution in [3.05, 3.63) is 17.3 Å². The molecule has 0 amide bonds. The average molecular weight is 280 g/mol. The molecule has 1 saturated carbocycles. The maximum atomic E-state index is 5.92. The van der Waals surface area contributed by atoms with Crippen LogP contribution < -0.4 is 0 Å². The third kappa shape index (κ3) is 2.75. The van der Waals surface area contributed by atoms with E-state index in [1.54, 1.807) is 7.11 Å². The van der Waals surface area contributed by atoms with E-state index < -0.39 is 0 Å². The lowest BCUT2D eigenvalue weighted by atomic mass is 9.88. The highest BCUT2D eigenvalue weighted by atomic mass is 16.5. The first-order chi connectivity index (χ1) is 9.67. The number of methoxy groups -OCH3 is 1. The van der Waals surface area contributed by atoms with E-state index in [4.69, 9.17) is 13.9 Å². The van der Waals surface area contributed by atoms with Gasteiger partial charge in [-0.05, 0) is 33.1 Å². The summed E-state index contributed by atoms with van der Waals surface area (Å²) in [5.41, 5.74) is 0.989. The minimum atomic E-state index is 0.340. The molecule has 0 spiro atoms. The molecule has 2 fully saturated rings. The second kappa shape index (κ2) is 5.84. The number of morpholine rings is 1. The summed E-state index contributed by atoms with van der Waals surface area (Å²) in [7, 11) is 1.81. The van der Waals surface area contributed by atoms with Gasteiger partial charge in [0.05, 0.1) is 31.1 Å². The molecule has 3 atom stereocenters. The summed E-state index contributed by atoms with van der Waals surface area (Å²) >= 11 is 0. The zero-order valence-corrected chi connectivity index (χ0v) is 12.6.